The number of aliphatic hydroxyl groups is 2. The van der Waals surface area contributed by atoms with E-state index < -0.39 is 35.8 Å². The number of benzene rings is 2. The highest BCUT2D eigenvalue weighted by atomic mass is 19.1. The number of aliphatic hydroxyl groups excluding tert-OH is 2. The summed E-state index contributed by atoms with van der Waals surface area (Å²) in [5.74, 6) is -2.25. The van der Waals surface area contributed by atoms with Crippen LogP contribution in [-0.4, -0.2) is 82.3 Å². The molecule has 232 valence electrons. The first-order valence-electron chi connectivity index (χ1n) is 15.3. The van der Waals surface area contributed by atoms with Crippen LogP contribution in [0.4, 0.5) is 8.78 Å². The fourth-order valence-electron chi connectivity index (χ4n) is 5.95. The van der Waals surface area contributed by atoms with E-state index in [1.807, 2.05) is 13.8 Å². The zero-order chi connectivity index (χ0) is 30.8. The van der Waals surface area contributed by atoms with Crippen LogP contribution in [0.15, 0.2) is 36.4 Å². The molecule has 9 heteroatoms. The van der Waals surface area contributed by atoms with Crippen LogP contribution in [0.2, 0.25) is 0 Å². The van der Waals surface area contributed by atoms with Crippen LogP contribution in [0.1, 0.15) is 91.1 Å². The van der Waals surface area contributed by atoms with Gasteiger partial charge in [0, 0.05) is 42.9 Å². The Labute approximate surface area is 248 Å². The predicted molar refractivity (Wildman–Crippen MR) is 160 cm³/mol. The number of carbonyl (C=O) groups excluding carboxylic acids is 2. The molecule has 1 aliphatic rings. The van der Waals surface area contributed by atoms with Gasteiger partial charge >= 0.3 is 0 Å². The minimum Gasteiger partial charge on any atom is -0.389 e. The van der Waals surface area contributed by atoms with E-state index in [0.717, 1.165) is 68.8 Å². The van der Waals surface area contributed by atoms with E-state index in [2.05, 4.69) is 17.1 Å². The molecule has 1 fully saturated rings. The Balaban J connectivity index is 1.86. The number of hydrogen-bond donors (Lipinski definition) is 3. The fraction of sp³-hybridized carbons (Fsp3) is 0.576. The number of piperidine rings is 1. The fourth-order valence-corrected chi connectivity index (χ4v) is 5.95. The average Bonchev–Trinajstić information content (AvgIpc) is 2.95. The molecule has 2 aromatic rings. The lowest BCUT2D eigenvalue weighted by Gasteiger charge is -2.38. The summed E-state index contributed by atoms with van der Waals surface area (Å²) in [6, 6.07) is 7.24. The van der Waals surface area contributed by atoms with Gasteiger partial charge in [-0.25, -0.2) is 8.78 Å². The highest BCUT2D eigenvalue weighted by molar-refractivity contribution is 6.00. The van der Waals surface area contributed by atoms with Gasteiger partial charge in [-0.05, 0) is 93.5 Å². The molecular formula is C33H47F2N3O4. The summed E-state index contributed by atoms with van der Waals surface area (Å²) < 4.78 is 28.0. The second kappa shape index (κ2) is 16.1. The zero-order valence-electron chi connectivity index (χ0n) is 25.4. The van der Waals surface area contributed by atoms with E-state index in [1.165, 1.54) is 6.07 Å². The molecule has 1 saturated heterocycles. The first-order valence-corrected chi connectivity index (χ1v) is 15.3. The number of carbonyl (C=O) groups is 2. The van der Waals surface area contributed by atoms with Crippen LogP contribution in [0.25, 0.3) is 0 Å². The minimum atomic E-state index is -1.41. The molecule has 0 saturated carbocycles. The van der Waals surface area contributed by atoms with Gasteiger partial charge in [0.15, 0.2) is 0 Å². The third-order valence-electron chi connectivity index (χ3n) is 8.00. The smallest absolute Gasteiger partial charge is 0.253 e. The number of rotatable bonds is 14. The third kappa shape index (κ3) is 9.31. The molecule has 1 aliphatic heterocycles. The van der Waals surface area contributed by atoms with Gasteiger partial charge < -0.3 is 20.4 Å². The van der Waals surface area contributed by atoms with Crippen molar-refractivity contribution in [2.45, 2.75) is 96.9 Å². The summed E-state index contributed by atoms with van der Waals surface area (Å²) >= 11 is 0. The monoisotopic (exact) mass is 587 g/mol. The summed E-state index contributed by atoms with van der Waals surface area (Å²) in [7, 11) is 0. The lowest BCUT2D eigenvalue weighted by atomic mass is 9.94. The van der Waals surface area contributed by atoms with Crippen molar-refractivity contribution in [2.24, 2.45) is 0 Å². The standard InChI is InChI=1S/C33H47F2N3O4/c1-5-11-37(12-6-2)33(42)25-15-22(4)14-24(19-25)32(41)36-29(18-23-16-26(34)20-27(35)17-23)31(40)30(39)21-38-13-9-8-10-28(38)7-3/h14-17,19-20,28-31,39-40H,5-13,18,21H2,1-4H3,(H,36,41)/t28?,29?,30-,31-/m0/s1. The molecule has 0 bridgehead atoms. The molecule has 0 spiro atoms. The molecule has 7 nitrogen and oxygen atoms in total. The van der Waals surface area contributed by atoms with Gasteiger partial charge in [0.05, 0.1) is 12.1 Å². The molecule has 0 aromatic heterocycles. The number of likely N-dealkylation sites (tertiary alicyclic amines) is 1. The number of amides is 2. The van der Waals surface area contributed by atoms with Gasteiger partial charge in [-0.2, -0.15) is 0 Å². The number of nitrogens with zero attached hydrogens (tertiary/aromatic N) is 2. The van der Waals surface area contributed by atoms with Crippen molar-refractivity contribution in [1.82, 2.24) is 15.1 Å². The topological polar surface area (TPSA) is 93.1 Å². The normalized spacial score (nSPS) is 17.9. The number of halogens is 2. The van der Waals surface area contributed by atoms with Crippen LogP contribution >= 0.6 is 0 Å². The van der Waals surface area contributed by atoms with Crippen molar-refractivity contribution in [3.63, 3.8) is 0 Å². The molecule has 2 amide bonds. The Morgan fingerprint density at radius 3 is 2.24 bits per heavy atom. The van der Waals surface area contributed by atoms with E-state index in [0.29, 0.717) is 24.7 Å². The Kier molecular flexibility index (Phi) is 12.9. The van der Waals surface area contributed by atoms with Gasteiger partial charge in [0.25, 0.3) is 11.8 Å². The molecule has 42 heavy (non-hydrogen) atoms. The van der Waals surface area contributed by atoms with Crippen LogP contribution in [0.5, 0.6) is 0 Å². The van der Waals surface area contributed by atoms with Crippen molar-refractivity contribution in [3.05, 3.63) is 70.3 Å². The molecule has 0 radical (unpaired) electrons. The second-order valence-corrected chi connectivity index (χ2v) is 11.6. The molecule has 2 unspecified atom stereocenters. The van der Waals surface area contributed by atoms with Gasteiger partial charge in [-0.3, -0.25) is 14.5 Å². The second-order valence-electron chi connectivity index (χ2n) is 11.6. The number of aryl methyl sites for hydroxylation is 1. The first kappa shape index (κ1) is 33.6. The number of nitrogens with one attached hydrogen (secondary N) is 1. The van der Waals surface area contributed by atoms with Gasteiger partial charge in [0.2, 0.25) is 0 Å². The summed E-state index contributed by atoms with van der Waals surface area (Å²) in [4.78, 5) is 30.7. The molecular weight excluding hydrogens is 540 g/mol. The van der Waals surface area contributed by atoms with E-state index in [9.17, 15) is 28.6 Å². The van der Waals surface area contributed by atoms with Crippen molar-refractivity contribution in [2.75, 3.05) is 26.2 Å². The summed E-state index contributed by atoms with van der Waals surface area (Å²) in [6.45, 7) is 10.1. The van der Waals surface area contributed by atoms with E-state index in [1.54, 1.807) is 24.0 Å². The highest BCUT2D eigenvalue weighted by Crippen LogP contribution is 2.22. The van der Waals surface area contributed by atoms with E-state index in [4.69, 9.17) is 0 Å². The first-order chi connectivity index (χ1) is 20.1. The predicted octanol–water partition coefficient (Wildman–Crippen LogP) is 4.86. The summed E-state index contributed by atoms with van der Waals surface area (Å²) in [5.41, 5.74) is 1.58. The average molecular weight is 588 g/mol. The van der Waals surface area contributed by atoms with E-state index >= 15 is 0 Å². The molecule has 3 rings (SSSR count). The zero-order valence-corrected chi connectivity index (χ0v) is 25.4. The molecule has 2 aromatic carbocycles. The van der Waals surface area contributed by atoms with Crippen LogP contribution in [0, 0.1) is 18.6 Å². The van der Waals surface area contributed by atoms with Gasteiger partial charge in [-0.15, -0.1) is 0 Å². The van der Waals surface area contributed by atoms with Crippen LogP contribution < -0.4 is 5.32 Å². The van der Waals surface area contributed by atoms with Crippen molar-refractivity contribution >= 4 is 11.8 Å². The molecule has 4 atom stereocenters. The van der Waals surface area contributed by atoms with Crippen molar-refractivity contribution < 1.29 is 28.6 Å². The van der Waals surface area contributed by atoms with Gasteiger partial charge in [0.1, 0.15) is 17.7 Å². The molecule has 1 heterocycles. The Morgan fingerprint density at radius 1 is 0.976 bits per heavy atom. The Morgan fingerprint density at radius 2 is 1.62 bits per heavy atom. The Bertz CT molecular complexity index is 1170. The maximum absolute atomic E-state index is 14.0. The number of hydrogen-bond acceptors (Lipinski definition) is 5. The number of β-amino-alcohol motifs (C(OH)–C–C–N with tert-alkyl or cyclic N) is 1. The third-order valence-corrected chi connectivity index (χ3v) is 8.00. The van der Waals surface area contributed by atoms with Gasteiger partial charge in [-0.1, -0.05) is 27.2 Å². The minimum absolute atomic E-state index is 0.103. The largest absolute Gasteiger partial charge is 0.389 e. The van der Waals surface area contributed by atoms with Crippen LogP contribution in [0.3, 0.4) is 0 Å². The van der Waals surface area contributed by atoms with Crippen molar-refractivity contribution in [1.29, 1.82) is 0 Å². The lowest BCUT2D eigenvalue weighted by molar-refractivity contribution is -0.0319. The van der Waals surface area contributed by atoms with Crippen molar-refractivity contribution in [3.8, 4) is 0 Å². The lowest BCUT2D eigenvalue weighted by Crippen LogP contribution is -2.54. The maximum Gasteiger partial charge on any atom is 0.253 e. The summed E-state index contributed by atoms with van der Waals surface area (Å²) in [5, 5.41) is 25.2. The van der Waals surface area contributed by atoms with Crippen LogP contribution in [-0.2, 0) is 6.42 Å². The highest BCUT2D eigenvalue weighted by Gasteiger charge is 2.32. The maximum atomic E-state index is 14.0. The summed E-state index contributed by atoms with van der Waals surface area (Å²) in [6.07, 6.45) is 2.97. The quantitative estimate of drug-likeness (QED) is 0.294. The SMILES string of the molecule is CCCN(CCC)C(=O)c1cc(C)cc(C(=O)NC(Cc2cc(F)cc(F)c2)[C@H](O)[C@@H](O)CN2CCCCC2CC)c1. The van der Waals surface area contributed by atoms with E-state index in [-0.39, 0.29) is 30.0 Å². The molecule has 0 aliphatic carbocycles. The molecule has 3 N–H and O–H groups in total. The Hall–Kier alpha value is -2.88.